The second kappa shape index (κ2) is 37.6. The van der Waals surface area contributed by atoms with Crippen molar-refractivity contribution < 1.29 is 0 Å². The molecule has 0 N–H and O–H groups in total. The van der Waals surface area contributed by atoms with E-state index in [4.69, 9.17) is 0 Å². The largest absolute Gasteiger partial charge is 0.338 e. The van der Waals surface area contributed by atoms with Crippen molar-refractivity contribution in [3.63, 3.8) is 0 Å². The molecule has 0 fully saturated rings. The quantitative estimate of drug-likeness (QED) is 0.0912. The summed E-state index contributed by atoms with van der Waals surface area (Å²) in [5, 5.41) is 15.4. The molecule has 682 valence electrons. The van der Waals surface area contributed by atoms with E-state index in [1.807, 2.05) is 0 Å². The number of hydrogen-bond acceptors (Lipinski definition) is 3. The predicted octanol–water partition coefficient (Wildman–Crippen LogP) is 37.4. The Balaban J connectivity index is 0.000000106. The van der Waals surface area contributed by atoms with Crippen molar-refractivity contribution in [2.75, 3.05) is 14.7 Å². The molecule has 26 aromatic rings. The van der Waals surface area contributed by atoms with Gasteiger partial charge in [0.25, 0.3) is 0 Å². The van der Waals surface area contributed by atoms with E-state index >= 15 is 0 Å². The van der Waals surface area contributed by atoms with Gasteiger partial charge in [-0.2, -0.15) is 0 Å². The number of benzene rings is 20. The first kappa shape index (κ1) is 87.6. The average Bonchev–Trinajstić information content (AvgIpc) is 1.59. The van der Waals surface area contributed by atoms with Crippen LogP contribution >= 0.6 is 0 Å². The van der Waals surface area contributed by atoms with Crippen LogP contribution in [0.15, 0.2) is 491 Å². The first-order valence-electron chi connectivity index (χ1n) is 49.4. The standard InChI is InChI=1S/C39H29N3.C39H33N3.C27H24N2.C27H23N/c1-25(2)40-38-21-19-26(41-34-15-7-3-11-28(34)29-12-4-8-16-35(29)41)23-32(38)33-24-27(20-22-39(33)40)42-36-17-9-5-13-30(36)31-14-6-10-18-37(31)42;1-29(2)40-38-25-23-34(41(30-15-7-3-8-16-30)31-17-9-4-10-18-31)27-36(38)37-28-35(24-26-39(37)40)42(32-19-11-5-12-20-32)33-21-13-6-14-22-33;1-20(2)28-26-16-10-9-15-24(26)25-19-23(17-18-27(25)28)29(21-11-5-3-6-12-21)22-13-7-4-8-14-22;1-19(2)28-26-15-13-22(20-9-5-3-6-10-20)17-24(26)25-18-23(14-16-27(25)28)21-11-7-4-8-12-21/h3-25H,1-2H3;3-29H,1-2H3;3-20H,1-2H3;3-19H,1-2H3. The highest BCUT2D eigenvalue weighted by molar-refractivity contribution is 6.17. The van der Waals surface area contributed by atoms with E-state index < -0.39 is 0 Å². The Labute approximate surface area is 823 Å². The van der Waals surface area contributed by atoms with Crippen LogP contribution in [0.4, 0.5) is 51.2 Å². The summed E-state index contributed by atoms with van der Waals surface area (Å²) in [4.78, 5) is 6.99. The molecule has 9 nitrogen and oxygen atoms in total. The molecule has 0 bridgehead atoms. The summed E-state index contributed by atoms with van der Waals surface area (Å²) in [7, 11) is 0. The molecule has 0 radical (unpaired) electrons. The lowest BCUT2D eigenvalue weighted by Gasteiger charge is -2.26. The molecule has 6 heterocycles. The Morgan fingerprint density at radius 2 is 0.319 bits per heavy atom. The van der Waals surface area contributed by atoms with Crippen molar-refractivity contribution in [1.29, 1.82) is 0 Å². The van der Waals surface area contributed by atoms with Crippen molar-refractivity contribution >= 4 is 182 Å². The second-order valence-electron chi connectivity index (χ2n) is 37.8. The van der Waals surface area contributed by atoms with E-state index in [1.165, 1.54) is 170 Å². The normalized spacial score (nSPS) is 11.7. The van der Waals surface area contributed by atoms with E-state index in [2.05, 4.69) is 589 Å². The number of aromatic nitrogens is 6. The van der Waals surface area contributed by atoms with Gasteiger partial charge in [0, 0.05) is 195 Å². The van der Waals surface area contributed by atoms with Crippen molar-refractivity contribution in [2.45, 2.75) is 79.6 Å². The minimum atomic E-state index is 0.320. The molecule has 0 amide bonds. The molecular formula is C132H109N9. The monoisotopic (exact) mass is 1820 g/mol. The molecule has 0 saturated heterocycles. The van der Waals surface area contributed by atoms with E-state index in [9.17, 15) is 0 Å². The highest BCUT2D eigenvalue weighted by Gasteiger charge is 2.26. The van der Waals surface area contributed by atoms with Crippen molar-refractivity contribution in [3.8, 4) is 33.6 Å². The Bertz CT molecular complexity index is 8410. The van der Waals surface area contributed by atoms with Crippen LogP contribution in [-0.2, 0) is 0 Å². The maximum atomic E-state index is 2.48. The maximum Gasteiger partial charge on any atom is 0.0541 e. The summed E-state index contributed by atoms with van der Waals surface area (Å²) in [6.07, 6.45) is 0. The minimum absolute atomic E-state index is 0.320. The fourth-order valence-corrected chi connectivity index (χ4v) is 21.8. The highest BCUT2D eigenvalue weighted by Crippen LogP contribution is 2.48. The summed E-state index contributed by atoms with van der Waals surface area (Å²) in [6.45, 7) is 18.1. The van der Waals surface area contributed by atoms with Gasteiger partial charge in [0.2, 0.25) is 0 Å². The number of hydrogen-bond donors (Lipinski definition) is 0. The van der Waals surface area contributed by atoms with Gasteiger partial charge < -0.3 is 42.1 Å². The van der Waals surface area contributed by atoms with E-state index in [1.54, 1.807) is 0 Å². The van der Waals surface area contributed by atoms with Crippen LogP contribution in [0.3, 0.4) is 0 Å². The zero-order valence-electron chi connectivity index (χ0n) is 80.6. The first-order chi connectivity index (χ1) is 69.3. The molecule has 20 aromatic carbocycles. The summed E-state index contributed by atoms with van der Waals surface area (Å²) < 4.78 is 14.7. The van der Waals surface area contributed by atoms with Gasteiger partial charge >= 0.3 is 0 Å². The van der Waals surface area contributed by atoms with Gasteiger partial charge in [-0.15, -0.1) is 0 Å². The van der Waals surface area contributed by atoms with Crippen molar-refractivity contribution in [1.82, 2.24) is 27.4 Å². The number of nitrogens with zero attached hydrogens (tertiary/aromatic N) is 9. The first-order valence-corrected chi connectivity index (χ1v) is 49.4. The van der Waals surface area contributed by atoms with E-state index in [-0.39, 0.29) is 0 Å². The molecule has 141 heavy (non-hydrogen) atoms. The fraction of sp³-hybridized carbons (Fsp3) is 0.0909. The lowest BCUT2D eigenvalue weighted by atomic mass is 10.0. The lowest BCUT2D eigenvalue weighted by molar-refractivity contribution is 0.642. The van der Waals surface area contributed by atoms with Gasteiger partial charge in [-0.25, -0.2) is 0 Å². The average molecular weight is 1820 g/mol. The summed E-state index contributed by atoms with van der Waals surface area (Å²) in [5.74, 6) is 0. The van der Waals surface area contributed by atoms with Crippen LogP contribution in [0.5, 0.6) is 0 Å². The number of rotatable bonds is 17. The second-order valence-corrected chi connectivity index (χ2v) is 37.8. The molecule has 6 aromatic heterocycles. The molecule has 0 aliphatic rings. The third kappa shape index (κ3) is 16.1. The third-order valence-electron chi connectivity index (χ3n) is 27.9. The zero-order chi connectivity index (χ0) is 95.3. The topological polar surface area (TPSA) is 39.3 Å². The van der Waals surface area contributed by atoms with Gasteiger partial charge in [0.15, 0.2) is 0 Å². The van der Waals surface area contributed by atoms with Crippen molar-refractivity contribution in [3.05, 3.63) is 491 Å². The Morgan fingerprint density at radius 1 is 0.135 bits per heavy atom. The van der Waals surface area contributed by atoms with Crippen molar-refractivity contribution in [2.24, 2.45) is 0 Å². The molecule has 0 aliphatic carbocycles. The highest BCUT2D eigenvalue weighted by atomic mass is 15.2. The van der Waals surface area contributed by atoms with Crippen LogP contribution in [-0.4, -0.2) is 27.4 Å². The minimum Gasteiger partial charge on any atom is -0.338 e. The molecule has 0 saturated carbocycles. The van der Waals surface area contributed by atoms with E-state index in [0.717, 1.165) is 45.5 Å². The number of anilines is 9. The van der Waals surface area contributed by atoms with E-state index in [0.29, 0.717) is 24.2 Å². The molecular weight excluding hydrogens is 1710 g/mol. The van der Waals surface area contributed by atoms with Gasteiger partial charge in [-0.05, 0) is 296 Å². The Morgan fingerprint density at radius 3 is 0.574 bits per heavy atom. The predicted molar refractivity (Wildman–Crippen MR) is 603 cm³/mol. The van der Waals surface area contributed by atoms with Gasteiger partial charge in [-0.1, -0.05) is 273 Å². The van der Waals surface area contributed by atoms with Gasteiger partial charge in [0.1, 0.15) is 0 Å². The van der Waals surface area contributed by atoms with Crippen LogP contribution in [0.1, 0.15) is 79.6 Å². The molecule has 0 unspecified atom stereocenters. The molecule has 0 aliphatic heterocycles. The van der Waals surface area contributed by atoms with Crippen LogP contribution < -0.4 is 14.7 Å². The third-order valence-corrected chi connectivity index (χ3v) is 27.9. The summed E-state index contributed by atoms with van der Waals surface area (Å²) in [5.41, 5.74) is 32.8. The maximum absolute atomic E-state index is 2.48. The fourth-order valence-electron chi connectivity index (χ4n) is 21.8. The van der Waals surface area contributed by atoms with Gasteiger partial charge in [-0.3, -0.25) is 0 Å². The van der Waals surface area contributed by atoms with Crippen LogP contribution in [0.25, 0.3) is 164 Å². The molecule has 0 spiro atoms. The van der Waals surface area contributed by atoms with Crippen LogP contribution in [0, 0.1) is 0 Å². The lowest BCUT2D eigenvalue weighted by Crippen LogP contribution is -2.09. The number of para-hydroxylation sites is 11. The van der Waals surface area contributed by atoms with Gasteiger partial charge in [0.05, 0.1) is 22.1 Å². The zero-order valence-corrected chi connectivity index (χ0v) is 80.6. The molecule has 26 rings (SSSR count). The Hall–Kier alpha value is -17.4. The molecule has 9 heteroatoms. The SMILES string of the molecule is CC(C)n1c2ccc(-c3ccccc3)cc2c2cc(-c3ccccc3)ccc21.CC(C)n1c2ccc(-n3c4ccccc4c4ccccc43)cc2c2cc(-n3c4ccccc4c4ccccc43)ccc21.CC(C)n1c2ccc(N(c3ccccc3)c3ccccc3)cc2c2cc(N(c3ccccc3)c3ccccc3)ccc21.CC(C)n1c2ccccc2c2cc(N(c3ccccc3)c3ccccc3)ccc21. The van der Waals surface area contributed by atoms with Crippen LogP contribution in [0.2, 0.25) is 0 Å². The number of fused-ring (bicyclic) bond motifs is 18. The molecule has 0 atom stereocenters. The summed E-state index contributed by atoms with van der Waals surface area (Å²) >= 11 is 0. The Kier molecular flexibility index (Phi) is 23.4. The smallest absolute Gasteiger partial charge is 0.0541 e. The summed E-state index contributed by atoms with van der Waals surface area (Å²) in [6, 6.07) is 178.